The zero-order valence-corrected chi connectivity index (χ0v) is 14.2. The summed E-state index contributed by atoms with van der Waals surface area (Å²) >= 11 is 0. The molecule has 0 atom stereocenters. The van der Waals surface area contributed by atoms with Crippen LogP contribution in [0, 0.1) is 6.92 Å². The molecular formula is C17H24N4O2. The van der Waals surface area contributed by atoms with Gasteiger partial charge in [-0.2, -0.15) is 5.10 Å². The average Bonchev–Trinajstić information content (AvgIpc) is 2.78. The highest BCUT2D eigenvalue weighted by molar-refractivity contribution is 5.75. The van der Waals surface area contributed by atoms with Gasteiger partial charge in [-0.25, -0.2) is 4.68 Å². The first-order valence-electron chi connectivity index (χ1n) is 7.65. The predicted octanol–water partition coefficient (Wildman–Crippen LogP) is 2.09. The van der Waals surface area contributed by atoms with Gasteiger partial charge in [0.15, 0.2) is 0 Å². The maximum atomic E-state index is 11.6. The normalized spacial score (nSPS) is 10.6. The largest absolute Gasteiger partial charge is 0.439 e. The van der Waals surface area contributed by atoms with E-state index >= 15 is 0 Å². The van der Waals surface area contributed by atoms with Crippen molar-refractivity contribution in [3.63, 3.8) is 0 Å². The van der Waals surface area contributed by atoms with Gasteiger partial charge < -0.3 is 15.0 Å². The lowest BCUT2D eigenvalue weighted by molar-refractivity contribution is -0.128. The zero-order valence-electron chi connectivity index (χ0n) is 14.2. The molecule has 0 saturated heterocycles. The molecule has 1 aromatic carbocycles. The first-order chi connectivity index (χ1) is 11.0. The summed E-state index contributed by atoms with van der Waals surface area (Å²) in [6, 6.07) is 9.64. The number of hydrogen-bond acceptors (Lipinski definition) is 4. The van der Waals surface area contributed by atoms with Crippen molar-refractivity contribution in [2.45, 2.75) is 19.9 Å². The van der Waals surface area contributed by atoms with Crippen LogP contribution in [0.25, 0.3) is 0 Å². The van der Waals surface area contributed by atoms with Crippen LogP contribution in [0.1, 0.15) is 17.7 Å². The lowest BCUT2D eigenvalue weighted by Gasteiger charge is -2.11. The minimum Gasteiger partial charge on any atom is -0.439 e. The molecule has 0 unspecified atom stereocenters. The molecule has 2 rings (SSSR count). The first-order valence-corrected chi connectivity index (χ1v) is 7.65. The standard InChI is InChI=1S/C17H24N4O2/c1-13-15(12-18-11-10-16(22)20(2)3)17(21(4)19-13)23-14-8-6-5-7-9-14/h5-9,18H,10-12H2,1-4H3. The second-order valence-corrected chi connectivity index (χ2v) is 5.62. The Labute approximate surface area is 137 Å². The summed E-state index contributed by atoms with van der Waals surface area (Å²) in [6.07, 6.45) is 0.473. The smallest absolute Gasteiger partial charge is 0.223 e. The molecule has 0 aliphatic rings. The minimum absolute atomic E-state index is 0.112. The number of carbonyl (C=O) groups is 1. The molecular weight excluding hydrogens is 292 g/mol. The number of hydrogen-bond donors (Lipinski definition) is 1. The summed E-state index contributed by atoms with van der Waals surface area (Å²) in [5, 5.41) is 7.71. The Hall–Kier alpha value is -2.34. The van der Waals surface area contributed by atoms with Gasteiger partial charge in [0, 0.05) is 40.7 Å². The van der Waals surface area contributed by atoms with Crippen LogP contribution in [0.15, 0.2) is 30.3 Å². The van der Waals surface area contributed by atoms with Gasteiger partial charge in [0.05, 0.1) is 11.3 Å². The molecule has 0 spiro atoms. The van der Waals surface area contributed by atoms with Crippen molar-refractivity contribution in [2.75, 3.05) is 20.6 Å². The van der Waals surface area contributed by atoms with Gasteiger partial charge in [-0.1, -0.05) is 18.2 Å². The molecule has 23 heavy (non-hydrogen) atoms. The molecule has 1 N–H and O–H groups in total. The summed E-state index contributed by atoms with van der Waals surface area (Å²) in [6.45, 7) is 3.19. The molecule has 124 valence electrons. The van der Waals surface area contributed by atoms with Gasteiger partial charge in [0.1, 0.15) is 5.75 Å². The van der Waals surface area contributed by atoms with E-state index in [0.29, 0.717) is 19.5 Å². The van der Waals surface area contributed by atoms with Crippen molar-refractivity contribution < 1.29 is 9.53 Å². The third kappa shape index (κ3) is 4.56. The van der Waals surface area contributed by atoms with E-state index in [1.807, 2.05) is 44.3 Å². The maximum Gasteiger partial charge on any atom is 0.223 e. The fourth-order valence-corrected chi connectivity index (χ4v) is 2.24. The van der Waals surface area contributed by atoms with Crippen molar-refractivity contribution in [1.29, 1.82) is 0 Å². The number of carbonyl (C=O) groups excluding carboxylic acids is 1. The summed E-state index contributed by atoms with van der Waals surface area (Å²) in [5.41, 5.74) is 1.93. The molecule has 6 heteroatoms. The minimum atomic E-state index is 0.112. The average molecular weight is 316 g/mol. The van der Waals surface area contributed by atoms with Crippen LogP contribution >= 0.6 is 0 Å². The van der Waals surface area contributed by atoms with Crippen LogP contribution < -0.4 is 10.1 Å². The zero-order chi connectivity index (χ0) is 16.8. The van der Waals surface area contributed by atoms with Crippen molar-refractivity contribution >= 4 is 5.91 Å². The van der Waals surface area contributed by atoms with E-state index in [2.05, 4.69) is 10.4 Å². The summed E-state index contributed by atoms with van der Waals surface area (Å²) in [5.74, 6) is 1.61. The van der Waals surface area contributed by atoms with Gasteiger partial charge in [-0.15, -0.1) is 0 Å². The number of para-hydroxylation sites is 1. The van der Waals surface area contributed by atoms with E-state index in [9.17, 15) is 4.79 Å². The molecule has 0 bridgehead atoms. The molecule has 2 aromatic rings. The molecule has 6 nitrogen and oxygen atoms in total. The second kappa shape index (κ2) is 7.78. The van der Waals surface area contributed by atoms with E-state index < -0.39 is 0 Å². The number of aryl methyl sites for hydroxylation is 2. The first kappa shape index (κ1) is 17.0. The van der Waals surface area contributed by atoms with Crippen LogP contribution in [0.3, 0.4) is 0 Å². The van der Waals surface area contributed by atoms with Crippen LogP contribution in [-0.2, 0) is 18.4 Å². The molecule has 0 saturated carbocycles. The topological polar surface area (TPSA) is 59.4 Å². The van der Waals surface area contributed by atoms with Crippen molar-refractivity contribution in [2.24, 2.45) is 7.05 Å². The van der Waals surface area contributed by atoms with Gasteiger partial charge in [0.25, 0.3) is 0 Å². The second-order valence-electron chi connectivity index (χ2n) is 5.62. The van der Waals surface area contributed by atoms with E-state index in [4.69, 9.17) is 4.74 Å². The fourth-order valence-electron chi connectivity index (χ4n) is 2.24. The monoisotopic (exact) mass is 316 g/mol. The van der Waals surface area contributed by atoms with Crippen molar-refractivity contribution in [3.05, 3.63) is 41.6 Å². The van der Waals surface area contributed by atoms with Crippen LogP contribution in [0.2, 0.25) is 0 Å². The van der Waals surface area contributed by atoms with Gasteiger partial charge in [0.2, 0.25) is 11.8 Å². The highest BCUT2D eigenvalue weighted by Crippen LogP contribution is 2.26. The number of aromatic nitrogens is 2. The van der Waals surface area contributed by atoms with Gasteiger partial charge in [-0.05, 0) is 19.1 Å². The fraction of sp³-hybridized carbons (Fsp3) is 0.412. The van der Waals surface area contributed by atoms with E-state index in [1.165, 1.54) is 0 Å². The molecule has 0 radical (unpaired) electrons. The Bertz CT molecular complexity index is 650. The van der Waals surface area contributed by atoms with E-state index in [1.54, 1.807) is 23.7 Å². The summed E-state index contributed by atoms with van der Waals surface area (Å²) in [7, 11) is 5.39. The van der Waals surface area contributed by atoms with Crippen molar-refractivity contribution in [1.82, 2.24) is 20.0 Å². The summed E-state index contributed by atoms with van der Waals surface area (Å²) in [4.78, 5) is 13.2. The van der Waals surface area contributed by atoms with Crippen LogP contribution in [-0.4, -0.2) is 41.2 Å². The van der Waals surface area contributed by atoms with Crippen LogP contribution in [0.5, 0.6) is 11.6 Å². The van der Waals surface area contributed by atoms with Crippen molar-refractivity contribution in [3.8, 4) is 11.6 Å². The Morgan fingerprint density at radius 3 is 2.65 bits per heavy atom. The Balaban J connectivity index is 2.00. The molecule has 0 aliphatic carbocycles. The lowest BCUT2D eigenvalue weighted by atomic mass is 10.2. The summed E-state index contributed by atoms with van der Waals surface area (Å²) < 4.78 is 7.70. The SMILES string of the molecule is Cc1nn(C)c(Oc2ccccc2)c1CNCCC(=O)N(C)C. The number of rotatable bonds is 7. The Morgan fingerprint density at radius 1 is 1.30 bits per heavy atom. The predicted molar refractivity (Wildman–Crippen MR) is 89.5 cm³/mol. The molecule has 1 aromatic heterocycles. The third-order valence-corrected chi connectivity index (χ3v) is 3.56. The third-order valence-electron chi connectivity index (χ3n) is 3.56. The quantitative estimate of drug-likeness (QED) is 0.795. The van der Waals surface area contributed by atoms with E-state index in [-0.39, 0.29) is 5.91 Å². The van der Waals surface area contributed by atoms with Crippen LogP contribution in [0.4, 0.5) is 0 Å². The number of nitrogens with one attached hydrogen (secondary N) is 1. The van der Waals surface area contributed by atoms with E-state index in [0.717, 1.165) is 22.9 Å². The molecule has 0 fully saturated rings. The molecule has 0 aliphatic heterocycles. The number of nitrogens with zero attached hydrogens (tertiary/aromatic N) is 3. The maximum absolute atomic E-state index is 11.6. The molecule has 1 amide bonds. The highest BCUT2D eigenvalue weighted by atomic mass is 16.5. The van der Waals surface area contributed by atoms with Gasteiger partial charge >= 0.3 is 0 Å². The Kier molecular flexibility index (Phi) is 5.76. The number of benzene rings is 1. The highest BCUT2D eigenvalue weighted by Gasteiger charge is 2.15. The Morgan fingerprint density at radius 2 is 2.00 bits per heavy atom. The molecule has 1 heterocycles. The lowest BCUT2D eigenvalue weighted by Crippen LogP contribution is -2.26. The van der Waals surface area contributed by atoms with Gasteiger partial charge in [-0.3, -0.25) is 4.79 Å². The number of amides is 1. The number of ether oxygens (including phenoxy) is 1.